The van der Waals surface area contributed by atoms with E-state index in [1.54, 1.807) is 36.3 Å². The predicted molar refractivity (Wildman–Crippen MR) is 182 cm³/mol. The molecule has 11 nitrogen and oxygen atoms in total. The Morgan fingerprint density at radius 1 is 0.755 bits per heavy atom. The van der Waals surface area contributed by atoms with E-state index in [0.717, 1.165) is 25.8 Å². The number of carbonyl (C=O) groups excluding carboxylic acids is 3. The molecule has 7 atom stereocenters. The van der Waals surface area contributed by atoms with E-state index < -0.39 is 11.8 Å². The van der Waals surface area contributed by atoms with Gasteiger partial charge >= 0.3 is 6.01 Å². The summed E-state index contributed by atoms with van der Waals surface area (Å²) in [6, 6.07) is 27.8. The number of likely N-dealkylation sites (tertiary alicyclic amines) is 1. The molecule has 2 aliphatic carbocycles. The number of hydrogen-bond acceptors (Lipinski definition) is 8. The lowest BCUT2D eigenvalue weighted by atomic mass is 9.94. The first-order valence-electron chi connectivity index (χ1n) is 17.2. The van der Waals surface area contributed by atoms with Crippen molar-refractivity contribution in [2.45, 2.75) is 49.3 Å². The largest absolute Gasteiger partial charge is 0.403 e. The van der Waals surface area contributed by atoms with E-state index in [9.17, 15) is 14.4 Å². The molecule has 11 heteroatoms. The minimum atomic E-state index is -0.644. The van der Waals surface area contributed by atoms with Crippen LogP contribution in [-0.4, -0.2) is 84.3 Å². The van der Waals surface area contributed by atoms with E-state index >= 15 is 0 Å². The van der Waals surface area contributed by atoms with Crippen molar-refractivity contribution < 1.29 is 23.5 Å². The molecule has 0 bridgehead atoms. The Morgan fingerprint density at radius 3 is 1.86 bits per heavy atom. The van der Waals surface area contributed by atoms with Crippen molar-refractivity contribution in [3.8, 4) is 11.5 Å². The summed E-state index contributed by atoms with van der Waals surface area (Å²) in [5, 5.41) is 14.8. The van der Waals surface area contributed by atoms with Crippen LogP contribution in [0.2, 0.25) is 0 Å². The summed E-state index contributed by atoms with van der Waals surface area (Å²) in [6.07, 6.45) is 2.77. The second-order valence-electron chi connectivity index (χ2n) is 13.7. The highest BCUT2D eigenvalue weighted by atomic mass is 16.5. The summed E-state index contributed by atoms with van der Waals surface area (Å²) >= 11 is 0. The molecule has 4 aromatic rings. The predicted octanol–water partition coefficient (Wildman–Crippen LogP) is 3.99. The van der Waals surface area contributed by atoms with E-state index in [2.05, 4.69) is 45.1 Å². The maximum absolute atomic E-state index is 13.8. The molecule has 2 saturated carbocycles. The number of ether oxygens (including phenoxy) is 1. The number of aromatic nitrogens is 2. The van der Waals surface area contributed by atoms with Crippen LogP contribution in [0.4, 0.5) is 6.01 Å². The van der Waals surface area contributed by atoms with E-state index in [4.69, 9.17) is 9.15 Å². The number of methoxy groups -OCH3 is 1. The van der Waals surface area contributed by atoms with Crippen molar-refractivity contribution in [3.05, 3.63) is 102 Å². The molecule has 4 aliphatic rings. The molecule has 2 N–H and O–H groups in total. The van der Waals surface area contributed by atoms with Gasteiger partial charge in [0.05, 0.1) is 17.9 Å². The van der Waals surface area contributed by atoms with Gasteiger partial charge in [-0.3, -0.25) is 14.4 Å². The normalized spacial score (nSPS) is 27.2. The summed E-state index contributed by atoms with van der Waals surface area (Å²) < 4.78 is 11.4. The van der Waals surface area contributed by atoms with Gasteiger partial charge in [-0.15, -0.1) is 5.10 Å². The Labute approximate surface area is 285 Å². The first-order valence-corrected chi connectivity index (χ1v) is 17.2. The zero-order valence-electron chi connectivity index (χ0n) is 27.4. The quantitative estimate of drug-likeness (QED) is 0.261. The number of anilines is 1. The Hall–Kier alpha value is -5.03. The van der Waals surface area contributed by atoms with E-state index in [-0.39, 0.29) is 60.8 Å². The number of carbonyl (C=O) groups is 3. The molecular weight excluding hydrogens is 620 g/mol. The zero-order chi connectivity index (χ0) is 33.5. The fourth-order valence-corrected chi connectivity index (χ4v) is 7.42. The van der Waals surface area contributed by atoms with Crippen LogP contribution in [0, 0.1) is 11.8 Å². The highest BCUT2D eigenvalue weighted by Gasteiger charge is 2.49. The van der Waals surface area contributed by atoms with Gasteiger partial charge in [0.25, 0.3) is 5.91 Å². The minimum absolute atomic E-state index is 0.0268. The highest BCUT2D eigenvalue weighted by Crippen LogP contribution is 2.42. The first kappa shape index (κ1) is 31.3. The average molecular weight is 661 g/mol. The average Bonchev–Trinajstić information content (AvgIpc) is 3.82. The summed E-state index contributed by atoms with van der Waals surface area (Å²) in [6.45, 7) is 1.82. The van der Waals surface area contributed by atoms with Gasteiger partial charge in [-0.25, -0.2) is 0 Å². The number of nitrogens with zero attached hydrogens (tertiary/aromatic N) is 4. The van der Waals surface area contributed by atoms with Crippen LogP contribution in [0.1, 0.15) is 52.6 Å². The molecule has 0 spiro atoms. The van der Waals surface area contributed by atoms with Crippen LogP contribution in [0.3, 0.4) is 0 Å². The zero-order valence-corrected chi connectivity index (χ0v) is 27.4. The van der Waals surface area contributed by atoms with Crippen molar-refractivity contribution in [1.82, 2.24) is 25.7 Å². The molecule has 3 amide bonds. The van der Waals surface area contributed by atoms with Crippen LogP contribution >= 0.6 is 0 Å². The lowest BCUT2D eigenvalue weighted by Crippen LogP contribution is -2.43. The molecule has 252 valence electrons. The van der Waals surface area contributed by atoms with Crippen LogP contribution in [0.5, 0.6) is 0 Å². The van der Waals surface area contributed by atoms with Crippen LogP contribution in [0.25, 0.3) is 11.5 Å². The van der Waals surface area contributed by atoms with Crippen LogP contribution in [0.15, 0.2) is 89.3 Å². The molecule has 3 heterocycles. The van der Waals surface area contributed by atoms with Crippen molar-refractivity contribution in [3.63, 3.8) is 0 Å². The summed E-state index contributed by atoms with van der Waals surface area (Å²) in [5.41, 5.74) is 3.55. The SMILES string of the molecule is CO[C@@H]1CCN(c2nnc(-c3ccc(C(=O)N4C[C@@H](C(=O)N[C@H]5C[C@@H]5c5ccccc5)[C@H](C(=O)N[C@H]5C[C@@H]5c5ccccc5)C4)cc3)o2)C1. The number of amides is 3. The Morgan fingerprint density at radius 2 is 1.33 bits per heavy atom. The first-order chi connectivity index (χ1) is 23.9. The Kier molecular flexibility index (Phi) is 8.36. The van der Waals surface area contributed by atoms with E-state index in [0.29, 0.717) is 29.6 Å². The third kappa shape index (κ3) is 6.55. The number of hydrogen-bond donors (Lipinski definition) is 2. The molecule has 0 radical (unpaired) electrons. The number of benzene rings is 3. The maximum Gasteiger partial charge on any atom is 0.318 e. The fourth-order valence-electron chi connectivity index (χ4n) is 7.42. The monoisotopic (exact) mass is 660 g/mol. The number of rotatable bonds is 10. The number of nitrogens with one attached hydrogen (secondary N) is 2. The van der Waals surface area contributed by atoms with Crippen LogP contribution in [-0.2, 0) is 14.3 Å². The van der Waals surface area contributed by atoms with Crippen molar-refractivity contribution in [1.29, 1.82) is 0 Å². The molecule has 8 rings (SSSR count). The van der Waals surface area contributed by atoms with Crippen molar-refractivity contribution in [2.24, 2.45) is 11.8 Å². The molecule has 2 saturated heterocycles. The standard InChI is InChI=1S/C38H40N6O5/c1-48-27-16-17-43(20-27)38-42-41-36(49-38)25-12-14-26(15-13-25)37(47)44-21-30(34(45)39-32-18-28(32)23-8-4-2-5-9-23)31(22-44)35(46)40-33-19-29(33)24-10-6-3-7-11-24/h2-15,27-33H,16-22H2,1H3,(H,39,45)(H,40,46)/t27-,28-,29-,30-,31-,32+,33+/m1/s1. The lowest BCUT2D eigenvalue weighted by Gasteiger charge is -2.18. The fraction of sp³-hybridized carbons (Fsp3) is 0.395. The molecule has 49 heavy (non-hydrogen) atoms. The highest BCUT2D eigenvalue weighted by molar-refractivity contribution is 5.97. The third-order valence-corrected chi connectivity index (χ3v) is 10.5. The topological polar surface area (TPSA) is 130 Å². The summed E-state index contributed by atoms with van der Waals surface area (Å²) in [5.74, 6) is -0.966. The van der Waals surface area contributed by atoms with E-state index in [1.807, 2.05) is 41.3 Å². The van der Waals surface area contributed by atoms with Crippen LogP contribution < -0.4 is 15.5 Å². The second kappa shape index (κ2) is 13.1. The summed E-state index contributed by atoms with van der Waals surface area (Å²) in [7, 11) is 1.70. The lowest BCUT2D eigenvalue weighted by molar-refractivity contribution is -0.133. The van der Waals surface area contributed by atoms with E-state index in [1.165, 1.54) is 11.1 Å². The molecule has 0 unspecified atom stereocenters. The van der Waals surface area contributed by atoms with Gasteiger partial charge in [0.2, 0.25) is 17.7 Å². The van der Waals surface area contributed by atoms with Crippen molar-refractivity contribution >= 4 is 23.7 Å². The summed E-state index contributed by atoms with van der Waals surface area (Å²) in [4.78, 5) is 44.9. The minimum Gasteiger partial charge on any atom is -0.403 e. The molecule has 3 aromatic carbocycles. The Balaban J connectivity index is 0.945. The van der Waals surface area contributed by atoms with Gasteiger partial charge in [-0.05, 0) is 54.7 Å². The maximum atomic E-state index is 13.8. The molecule has 4 fully saturated rings. The second-order valence-corrected chi connectivity index (χ2v) is 13.7. The van der Waals surface area contributed by atoms with Gasteiger partial charge in [-0.2, -0.15) is 0 Å². The smallest absolute Gasteiger partial charge is 0.318 e. The van der Waals surface area contributed by atoms with Crippen molar-refractivity contribution in [2.75, 3.05) is 38.2 Å². The van der Waals surface area contributed by atoms with Gasteiger partial charge < -0.3 is 29.6 Å². The molecule has 2 aliphatic heterocycles. The van der Waals surface area contributed by atoms with Gasteiger partial charge in [0.1, 0.15) is 0 Å². The van der Waals surface area contributed by atoms with Gasteiger partial charge in [0, 0.05) is 68.3 Å². The van der Waals surface area contributed by atoms with Gasteiger partial charge in [0.15, 0.2) is 0 Å². The molecular formula is C38H40N6O5. The molecule has 1 aromatic heterocycles. The van der Waals surface area contributed by atoms with Gasteiger partial charge in [-0.1, -0.05) is 65.8 Å². The third-order valence-electron chi connectivity index (χ3n) is 10.5. The Bertz CT molecular complexity index is 1740.